The van der Waals surface area contributed by atoms with Gasteiger partial charge in [0.15, 0.2) is 5.17 Å². The third-order valence-corrected chi connectivity index (χ3v) is 4.95. The molecule has 1 atom stereocenters. The van der Waals surface area contributed by atoms with Gasteiger partial charge in [-0.15, -0.1) is 5.10 Å². The summed E-state index contributed by atoms with van der Waals surface area (Å²) in [5.74, 6) is -0.170. The number of benzene rings is 2. The van der Waals surface area contributed by atoms with E-state index >= 15 is 0 Å². The van der Waals surface area contributed by atoms with Crippen molar-refractivity contribution in [3.63, 3.8) is 0 Å². The van der Waals surface area contributed by atoms with Crippen LogP contribution in [0.25, 0.3) is 0 Å². The van der Waals surface area contributed by atoms with Crippen LogP contribution in [0.4, 0.5) is 11.4 Å². The van der Waals surface area contributed by atoms with Gasteiger partial charge in [0.25, 0.3) is 11.6 Å². The summed E-state index contributed by atoms with van der Waals surface area (Å²) in [4.78, 5) is 17.2. The summed E-state index contributed by atoms with van der Waals surface area (Å²) < 4.78 is 0. The van der Waals surface area contributed by atoms with E-state index in [0.29, 0.717) is 10.3 Å². The number of thioether (sulfide) groups is 1. The molecule has 8 heteroatoms. The molecular weight excluding hydrogens is 324 g/mol. The lowest BCUT2D eigenvalue weighted by Crippen LogP contribution is -2.58. The average Bonchev–Trinajstić information content (AvgIpc) is 3.23. The number of hydrazone groups is 1. The van der Waals surface area contributed by atoms with Crippen molar-refractivity contribution in [1.29, 1.82) is 0 Å². The number of carbonyl (C=O) groups excluding carboxylic acids is 1. The molecule has 7 nitrogen and oxygen atoms in total. The zero-order chi connectivity index (χ0) is 16.1. The SMILES string of the molecule is O=C1Nc2ccccc2C12NN=C1SC(=Nc3ccccc3)NN12. The fraction of sp³-hybridized carbons (Fsp3) is 0.0625. The molecule has 3 heterocycles. The van der Waals surface area contributed by atoms with Crippen molar-refractivity contribution in [2.24, 2.45) is 10.1 Å². The van der Waals surface area contributed by atoms with Gasteiger partial charge >= 0.3 is 0 Å². The van der Waals surface area contributed by atoms with E-state index in [1.54, 1.807) is 5.01 Å². The van der Waals surface area contributed by atoms with E-state index in [9.17, 15) is 4.79 Å². The Morgan fingerprint density at radius 1 is 1.08 bits per heavy atom. The van der Waals surface area contributed by atoms with Crippen molar-refractivity contribution in [3.8, 4) is 0 Å². The summed E-state index contributed by atoms with van der Waals surface area (Å²) in [5, 5.41) is 10.3. The maximum Gasteiger partial charge on any atom is 0.279 e. The van der Waals surface area contributed by atoms with Crippen LogP contribution in [0.15, 0.2) is 64.7 Å². The van der Waals surface area contributed by atoms with Gasteiger partial charge in [-0.3, -0.25) is 15.6 Å². The third kappa shape index (κ3) is 1.71. The molecule has 0 aliphatic carbocycles. The van der Waals surface area contributed by atoms with E-state index in [0.717, 1.165) is 16.9 Å². The summed E-state index contributed by atoms with van der Waals surface area (Å²) in [5.41, 5.74) is 7.57. The first kappa shape index (κ1) is 13.4. The predicted octanol–water partition coefficient (Wildman–Crippen LogP) is 1.91. The zero-order valence-electron chi connectivity index (χ0n) is 12.4. The predicted molar refractivity (Wildman–Crippen MR) is 93.4 cm³/mol. The minimum atomic E-state index is -1.08. The van der Waals surface area contributed by atoms with Crippen LogP contribution in [0, 0.1) is 0 Å². The van der Waals surface area contributed by atoms with Gasteiger partial charge in [0, 0.05) is 11.3 Å². The molecule has 1 unspecified atom stereocenters. The highest BCUT2D eigenvalue weighted by atomic mass is 32.2. The van der Waals surface area contributed by atoms with Crippen molar-refractivity contribution in [2.75, 3.05) is 5.32 Å². The van der Waals surface area contributed by atoms with Gasteiger partial charge in [0.2, 0.25) is 5.17 Å². The van der Waals surface area contributed by atoms with Gasteiger partial charge in [0.05, 0.1) is 5.69 Å². The molecule has 1 fully saturated rings. The number of fused-ring (bicyclic) bond motifs is 4. The molecule has 1 spiro atoms. The molecule has 0 aromatic heterocycles. The number of nitrogens with one attached hydrogen (secondary N) is 3. The maximum atomic E-state index is 12.7. The van der Waals surface area contributed by atoms with E-state index < -0.39 is 5.66 Å². The van der Waals surface area contributed by atoms with Crippen molar-refractivity contribution in [2.45, 2.75) is 5.66 Å². The first-order chi connectivity index (χ1) is 11.8. The van der Waals surface area contributed by atoms with Crippen LogP contribution >= 0.6 is 11.8 Å². The first-order valence-electron chi connectivity index (χ1n) is 7.42. The second kappa shape index (κ2) is 4.75. The number of aliphatic imine (C=N–C) groups is 1. The van der Waals surface area contributed by atoms with Gasteiger partial charge in [-0.25, -0.2) is 10.0 Å². The number of hydrogen-bond acceptors (Lipinski definition) is 6. The average molecular weight is 336 g/mol. The second-order valence-electron chi connectivity index (χ2n) is 5.52. The lowest BCUT2D eigenvalue weighted by molar-refractivity contribution is -0.127. The minimum Gasteiger partial charge on any atom is -0.322 e. The molecule has 1 saturated heterocycles. The Morgan fingerprint density at radius 3 is 2.75 bits per heavy atom. The van der Waals surface area contributed by atoms with Crippen LogP contribution in [-0.4, -0.2) is 21.3 Å². The Hall–Kier alpha value is -3.00. The number of amidine groups is 2. The van der Waals surface area contributed by atoms with Crippen molar-refractivity contribution in [1.82, 2.24) is 15.9 Å². The third-order valence-electron chi connectivity index (χ3n) is 4.12. The molecule has 118 valence electrons. The fourth-order valence-electron chi connectivity index (χ4n) is 3.02. The molecule has 0 bridgehead atoms. The van der Waals surface area contributed by atoms with Gasteiger partial charge in [-0.05, 0) is 30.0 Å². The van der Waals surface area contributed by atoms with E-state index in [4.69, 9.17) is 0 Å². The Morgan fingerprint density at radius 2 is 1.88 bits per heavy atom. The van der Waals surface area contributed by atoms with Crippen LogP contribution in [0.1, 0.15) is 5.56 Å². The van der Waals surface area contributed by atoms with E-state index in [-0.39, 0.29) is 5.91 Å². The Bertz CT molecular complexity index is 912. The number of hydrazine groups is 1. The minimum absolute atomic E-state index is 0.170. The Balaban J connectivity index is 1.54. The Labute approximate surface area is 141 Å². The van der Waals surface area contributed by atoms with Crippen LogP contribution in [0.2, 0.25) is 0 Å². The molecule has 24 heavy (non-hydrogen) atoms. The number of nitrogens with zero attached hydrogens (tertiary/aromatic N) is 3. The lowest BCUT2D eigenvalue weighted by atomic mass is 10.0. The number of amides is 1. The summed E-state index contributed by atoms with van der Waals surface area (Å²) >= 11 is 1.39. The van der Waals surface area contributed by atoms with Crippen LogP contribution in [-0.2, 0) is 10.5 Å². The molecule has 0 radical (unpaired) electrons. The molecule has 3 aliphatic rings. The van der Waals surface area contributed by atoms with Gasteiger partial charge in [-0.1, -0.05) is 36.4 Å². The molecular formula is C16H12N6OS. The quantitative estimate of drug-likeness (QED) is 0.741. The summed E-state index contributed by atoms with van der Waals surface area (Å²) in [6.45, 7) is 0. The molecule has 0 saturated carbocycles. The molecule has 5 rings (SSSR count). The van der Waals surface area contributed by atoms with Crippen LogP contribution in [0.3, 0.4) is 0 Å². The van der Waals surface area contributed by atoms with Crippen molar-refractivity contribution < 1.29 is 4.79 Å². The smallest absolute Gasteiger partial charge is 0.279 e. The summed E-state index contributed by atoms with van der Waals surface area (Å²) in [6, 6.07) is 17.2. The highest BCUT2D eigenvalue weighted by Crippen LogP contribution is 2.43. The van der Waals surface area contributed by atoms with Gasteiger partial charge in [0.1, 0.15) is 0 Å². The highest BCUT2D eigenvalue weighted by Gasteiger charge is 2.59. The van der Waals surface area contributed by atoms with E-state index in [1.165, 1.54) is 11.8 Å². The molecule has 2 aromatic carbocycles. The largest absolute Gasteiger partial charge is 0.322 e. The lowest BCUT2D eigenvalue weighted by Gasteiger charge is -2.30. The molecule has 3 aliphatic heterocycles. The zero-order valence-corrected chi connectivity index (χ0v) is 13.2. The second-order valence-corrected chi connectivity index (χ2v) is 6.47. The topological polar surface area (TPSA) is 81.1 Å². The molecule has 3 N–H and O–H groups in total. The van der Waals surface area contributed by atoms with Crippen molar-refractivity contribution >= 4 is 39.4 Å². The normalized spacial score (nSPS) is 25.2. The maximum absolute atomic E-state index is 12.7. The number of rotatable bonds is 1. The number of anilines is 1. The van der Waals surface area contributed by atoms with Crippen LogP contribution < -0.4 is 16.2 Å². The van der Waals surface area contributed by atoms with Gasteiger partial charge < -0.3 is 5.32 Å². The standard InChI is InChI=1S/C16H12N6OS/c23-13-16(11-8-4-5-9-12(11)18-13)21-19-15-22(16)20-14(24-15)17-10-6-2-1-3-7-10/h1-9,21H,(H,17,20)(H,18,23). The van der Waals surface area contributed by atoms with Crippen molar-refractivity contribution in [3.05, 3.63) is 60.2 Å². The highest BCUT2D eigenvalue weighted by molar-refractivity contribution is 8.26. The fourth-order valence-corrected chi connectivity index (χ4v) is 3.85. The summed E-state index contributed by atoms with van der Waals surface area (Å²) in [7, 11) is 0. The number of hydrogen-bond donors (Lipinski definition) is 3. The van der Waals surface area contributed by atoms with E-state index in [2.05, 4.69) is 26.3 Å². The molecule has 2 aromatic rings. The Kier molecular flexibility index (Phi) is 2.66. The van der Waals surface area contributed by atoms with Crippen LogP contribution in [0.5, 0.6) is 0 Å². The van der Waals surface area contributed by atoms with E-state index in [1.807, 2.05) is 54.6 Å². The monoisotopic (exact) mass is 336 g/mol. The number of para-hydroxylation sites is 2. The van der Waals surface area contributed by atoms with Gasteiger partial charge in [-0.2, -0.15) is 0 Å². The first-order valence-corrected chi connectivity index (χ1v) is 8.23. The number of carbonyl (C=O) groups is 1. The molecule has 1 amide bonds. The summed E-state index contributed by atoms with van der Waals surface area (Å²) in [6.07, 6.45) is 0.